The van der Waals surface area contributed by atoms with Gasteiger partial charge in [-0.05, 0) is 49.4 Å². The summed E-state index contributed by atoms with van der Waals surface area (Å²) in [5.74, 6) is -0.495. The van der Waals surface area contributed by atoms with Gasteiger partial charge >= 0.3 is 5.97 Å². The van der Waals surface area contributed by atoms with Crippen LogP contribution in [0.5, 0.6) is 11.5 Å². The van der Waals surface area contributed by atoms with Crippen LogP contribution in [0, 0.1) is 5.82 Å². The van der Waals surface area contributed by atoms with E-state index in [9.17, 15) is 14.3 Å². The van der Waals surface area contributed by atoms with Crippen LogP contribution in [-0.2, 0) is 9.53 Å². The Morgan fingerprint density at radius 3 is 2.43 bits per heavy atom. The van der Waals surface area contributed by atoms with E-state index >= 15 is 0 Å². The van der Waals surface area contributed by atoms with Crippen molar-refractivity contribution in [3.05, 3.63) is 71.6 Å². The van der Waals surface area contributed by atoms with Crippen molar-refractivity contribution < 1.29 is 28.5 Å². The molecule has 2 rings (SSSR count). The molecule has 30 heavy (non-hydrogen) atoms. The molecule has 0 aliphatic rings. The van der Waals surface area contributed by atoms with Gasteiger partial charge in [-0.3, -0.25) is 0 Å². The van der Waals surface area contributed by atoms with E-state index in [1.807, 2.05) is 0 Å². The number of halogens is 1. The first kappa shape index (κ1) is 22.5. The van der Waals surface area contributed by atoms with Gasteiger partial charge in [0.25, 0.3) is 0 Å². The van der Waals surface area contributed by atoms with Crippen molar-refractivity contribution in [2.45, 2.75) is 6.92 Å². The number of hydrogen-bond acceptors (Lipinski definition) is 6. The minimum Gasteiger partial charge on any atom is -0.507 e. The second-order valence-corrected chi connectivity index (χ2v) is 5.89. The lowest BCUT2D eigenvalue weighted by atomic mass is 10.1. The fourth-order valence-electron chi connectivity index (χ4n) is 2.46. The Bertz CT molecular complexity index is 982. The van der Waals surface area contributed by atoms with E-state index in [1.165, 1.54) is 44.6 Å². The summed E-state index contributed by atoms with van der Waals surface area (Å²) in [6, 6.07) is 10.1. The molecular formula is C22H23FN2O5. The molecule has 0 atom stereocenters. The monoisotopic (exact) mass is 414 g/mol. The number of methoxy groups -OCH3 is 2. The summed E-state index contributed by atoms with van der Waals surface area (Å²) in [5.41, 5.74) is 6.86. The molecule has 0 amide bonds. The van der Waals surface area contributed by atoms with Crippen LogP contribution in [0.2, 0.25) is 0 Å². The Balaban J connectivity index is 2.55. The van der Waals surface area contributed by atoms with Crippen molar-refractivity contribution in [1.82, 2.24) is 0 Å². The number of nitrogens with zero attached hydrogens (tertiary/aromatic N) is 1. The summed E-state index contributed by atoms with van der Waals surface area (Å²) >= 11 is 0. The van der Waals surface area contributed by atoms with Gasteiger partial charge in [0.15, 0.2) is 0 Å². The van der Waals surface area contributed by atoms with Crippen molar-refractivity contribution in [3.63, 3.8) is 0 Å². The largest absolute Gasteiger partial charge is 0.507 e. The third kappa shape index (κ3) is 5.84. The number of rotatable bonds is 8. The van der Waals surface area contributed by atoms with Gasteiger partial charge in [-0.15, -0.1) is 0 Å². The molecule has 0 bridgehead atoms. The van der Waals surface area contributed by atoms with E-state index in [-0.39, 0.29) is 23.8 Å². The smallest absolute Gasteiger partial charge is 0.330 e. The third-order valence-electron chi connectivity index (χ3n) is 3.95. The number of esters is 1. The van der Waals surface area contributed by atoms with Crippen molar-refractivity contribution >= 4 is 23.3 Å². The first-order valence-electron chi connectivity index (χ1n) is 9.00. The van der Waals surface area contributed by atoms with E-state index in [4.69, 9.17) is 19.9 Å². The number of aliphatic hydroxyl groups is 1. The van der Waals surface area contributed by atoms with Crippen LogP contribution in [0.3, 0.4) is 0 Å². The number of amidine groups is 1. The number of nitrogens with two attached hydrogens (primary N) is 1. The topological polar surface area (TPSA) is 103 Å². The van der Waals surface area contributed by atoms with Crippen molar-refractivity contribution in [1.29, 1.82) is 0 Å². The molecule has 0 unspecified atom stereocenters. The fraction of sp³-hybridized carbons (Fsp3) is 0.182. The highest BCUT2D eigenvalue weighted by molar-refractivity contribution is 6.07. The maximum absolute atomic E-state index is 13.2. The zero-order chi connectivity index (χ0) is 22.1. The summed E-state index contributed by atoms with van der Waals surface area (Å²) < 4.78 is 28.6. The molecule has 0 radical (unpaired) electrons. The Morgan fingerprint density at radius 2 is 1.83 bits per heavy atom. The second kappa shape index (κ2) is 10.7. The number of carbonyl (C=O) groups is 1. The molecule has 0 spiro atoms. The SMILES string of the molecule is CCOC(=O)/C=C/C(C(N)=Nc1ccc(OC)cc1OC)=C(/O)c1ccc(F)cc1. The summed E-state index contributed by atoms with van der Waals surface area (Å²) in [6.07, 6.45) is 2.40. The molecule has 7 nitrogen and oxygen atoms in total. The predicted octanol–water partition coefficient (Wildman–Crippen LogP) is 3.92. The number of benzene rings is 2. The van der Waals surface area contributed by atoms with Crippen LogP contribution in [0.4, 0.5) is 10.1 Å². The molecule has 0 saturated carbocycles. The average molecular weight is 414 g/mol. The summed E-state index contributed by atoms with van der Waals surface area (Å²) in [4.78, 5) is 16.0. The van der Waals surface area contributed by atoms with Gasteiger partial charge in [0, 0.05) is 17.7 Å². The van der Waals surface area contributed by atoms with Gasteiger partial charge in [0.1, 0.15) is 34.6 Å². The third-order valence-corrected chi connectivity index (χ3v) is 3.95. The zero-order valence-electron chi connectivity index (χ0n) is 16.9. The van der Waals surface area contributed by atoms with Gasteiger partial charge in [-0.2, -0.15) is 0 Å². The molecule has 158 valence electrons. The molecule has 2 aromatic rings. The average Bonchev–Trinajstić information content (AvgIpc) is 2.74. The Kier molecular flexibility index (Phi) is 7.99. The van der Waals surface area contributed by atoms with Gasteiger partial charge in [-0.25, -0.2) is 14.2 Å². The molecule has 2 aromatic carbocycles. The van der Waals surface area contributed by atoms with Crippen LogP contribution >= 0.6 is 0 Å². The zero-order valence-corrected chi connectivity index (χ0v) is 16.9. The van der Waals surface area contributed by atoms with Crippen molar-refractivity contribution in [2.75, 3.05) is 20.8 Å². The normalized spacial score (nSPS) is 12.5. The van der Waals surface area contributed by atoms with E-state index in [1.54, 1.807) is 25.1 Å². The first-order chi connectivity index (χ1) is 14.4. The lowest BCUT2D eigenvalue weighted by molar-refractivity contribution is -0.137. The lowest BCUT2D eigenvalue weighted by Crippen LogP contribution is -2.16. The minimum atomic E-state index is -0.614. The quantitative estimate of drug-likeness (QED) is 0.169. The summed E-state index contributed by atoms with van der Waals surface area (Å²) in [6.45, 7) is 1.86. The Hall–Kier alpha value is -3.81. The van der Waals surface area contributed by atoms with Gasteiger partial charge < -0.3 is 25.1 Å². The van der Waals surface area contributed by atoms with Gasteiger partial charge in [0.05, 0.1) is 26.4 Å². The molecule has 0 saturated heterocycles. The van der Waals surface area contributed by atoms with Crippen LogP contribution in [0.15, 0.2) is 65.2 Å². The number of hydrogen-bond donors (Lipinski definition) is 2. The maximum Gasteiger partial charge on any atom is 0.330 e. The lowest BCUT2D eigenvalue weighted by Gasteiger charge is -2.10. The summed E-state index contributed by atoms with van der Waals surface area (Å²) in [5, 5.41) is 10.7. The van der Waals surface area contributed by atoms with Crippen LogP contribution in [0.1, 0.15) is 12.5 Å². The number of ether oxygens (including phenoxy) is 3. The highest BCUT2D eigenvalue weighted by atomic mass is 19.1. The standard InChI is InChI=1S/C22H23FN2O5/c1-4-30-20(26)12-10-17(21(27)14-5-7-15(23)8-6-14)22(24)25-18-11-9-16(28-2)13-19(18)29-3/h5-13,27H,4H2,1-3H3,(H2,24,25)/b12-10+,21-17-. The molecular weight excluding hydrogens is 391 g/mol. The molecule has 0 aliphatic heterocycles. The van der Waals surface area contributed by atoms with Gasteiger partial charge in [-0.1, -0.05) is 0 Å². The van der Waals surface area contributed by atoms with Crippen LogP contribution in [0.25, 0.3) is 5.76 Å². The van der Waals surface area contributed by atoms with E-state index in [0.717, 1.165) is 6.08 Å². The van der Waals surface area contributed by atoms with Gasteiger partial charge in [0.2, 0.25) is 0 Å². The van der Waals surface area contributed by atoms with Crippen molar-refractivity contribution in [3.8, 4) is 11.5 Å². The minimum absolute atomic E-state index is 0.0486. The molecule has 0 aliphatic carbocycles. The fourth-order valence-corrected chi connectivity index (χ4v) is 2.46. The van der Waals surface area contributed by atoms with Crippen LogP contribution in [-0.4, -0.2) is 37.7 Å². The van der Waals surface area contributed by atoms with Crippen molar-refractivity contribution in [2.24, 2.45) is 10.7 Å². The molecule has 0 heterocycles. The molecule has 0 aromatic heterocycles. The Morgan fingerprint density at radius 1 is 1.13 bits per heavy atom. The van der Waals surface area contributed by atoms with E-state index < -0.39 is 11.8 Å². The summed E-state index contributed by atoms with van der Waals surface area (Å²) in [7, 11) is 2.99. The van der Waals surface area contributed by atoms with E-state index in [2.05, 4.69) is 4.99 Å². The highest BCUT2D eigenvalue weighted by Crippen LogP contribution is 2.32. The number of aliphatic hydroxyl groups excluding tert-OH is 1. The molecule has 3 N–H and O–H groups in total. The predicted molar refractivity (Wildman–Crippen MR) is 113 cm³/mol. The maximum atomic E-state index is 13.2. The molecule has 0 fully saturated rings. The molecule has 8 heteroatoms. The highest BCUT2D eigenvalue weighted by Gasteiger charge is 2.13. The second-order valence-electron chi connectivity index (χ2n) is 5.89. The number of carbonyl (C=O) groups excluding carboxylic acids is 1. The van der Waals surface area contributed by atoms with Crippen LogP contribution < -0.4 is 15.2 Å². The number of aliphatic imine (C=N–C) groups is 1. The first-order valence-corrected chi connectivity index (χ1v) is 9.00. The Labute approximate surface area is 173 Å². The van der Waals surface area contributed by atoms with E-state index in [0.29, 0.717) is 22.7 Å².